The summed E-state index contributed by atoms with van der Waals surface area (Å²) >= 11 is 0. The normalized spacial score (nSPS) is 19.2. The fourth-order valence-corrected chi connectivity index (χ4v) is 3.64. The lowest BCUT2D eigenvalue weighted by Gasteiger charge is -2.28. The van der Waals surface area contributed by atoms with Gasteiger partial charge in [0.15, 0.2) is 0 Å². The summed E-state index contributed by atoms with van der Waals surface area (Å²) in [5.74, 6) is 0.0795. The lowest BCUT2D eigenvalue weighted by atomic mass is 9.82. The molecule has 122 valence electrons. The molecular weight excluding hydrogens is 294 g/mol. The van der Waals surface area contributed by atoms with E-state index in [0.29, 0.717) is 6.42 Å². The molecule has 1 aliphatic carbocycles. The molecule has 0 unspecified atom stereocenters. The van der Waals surface area contributed by atoms with Crippen molar-refractivity contribution in [2.24, 2.45) is 5.41 Å². The summed E-state index contributed by atoms with van der Waals surface area (Å²) < 4.78 is 11.4. The molecule has 1 N–H and O–H groups in total. The van der Waals surface area contributed by atoms with Gasteiger partial charge in [-0.2, -0.15) is 0 Å². The van der Waals surface area contributed by atoms with Gasteiger partial charge in [0.25, 0.3) is 0 Å². The largest absolute Gasteiger partial charge is 0.355 e. The molecule has 0 radical (unpaired) electrons. The summed E-state index contributed by atoms with van der Waals surface area (Å²) in [5, 5.41) is 3.11. The molecule has 0 spiro atoms. The van der Waals surface area contributed by atoms with Gasteiger partial charge < -0.3 is 5.32 Å². The fourth-order valence-electron chi connectivity index (χ4n) is 3.12. The van der Waals surface area contributed by atoms with Crippen LogP contribution >= 0.6 is 0 Å². The van der Waals surface area contributed by atoms with Crippen molar-refractivity contribution >= 4 is 16.7 Å². The van der Waals surface area contributed by atoms with Crippen molar-refractivity contribution in [3.63, 3.8) is 0 Å². The molecule has 1 fully saturated rings. The van der Waals surface area contributed by atoms with Crippen LogP contribution in [0.25, 0.3) is 0 Å². The molecule has 22 heavy (non-hydrogen) atoms. The van der Waals surface area contributed by atoms with E-state index in [1.54, 1.807) is 6.26 Å². The first-order valence-corrected chi connectivity index (χ1v) is 9.73. The number of amides is 1. The van der Waals surface area contributed by atoms with Crippen LogP contribution in [0.3, 0.4) is 0 Å². The molecule has 4 heteroatoms. The maximum absolute atomic E-state index is 12.1. The van der Waals surface area contributed by atoms with Gasteiger partial charge in [-0.25, -0.2) is 0 Å². The summed E-state index contributed by atoms with van der Waals surface area (Å²) in [6, 6.07) is 7.46. The number of hydrogen-bond donors (Lipinski definition) is 1. The van der Waals surface area contributed by atoms with Crippen molar-refractivity contribution in [3.05, 3.63) is 29.8 Å². The maximum atomic E-state index is 12.1. The fraction of sp³-hybridized carbons (Fsp3) is 0.611. The van der Waals surface area contributed by atoms with E-state index >= 15 is 0 Å². The molecule has 0 heterocycles. The summed E-state index contributed by atoms with van der Waals surface area (Å²) in [6.45, 7) is 3.08. The summed E-state index contributed by atoms with van der Waals surface area (Å²) in [4.78, 5) is 12.9. The molecule has 2 rings (SSSR count). The lowest BCUT2D eigenvalue weighted by Crippen LogP contribution is -2.36. The Labute approximate surface area is 136 Å². The van der Waals surface area contributed by atoms with Crippen molar-refractivity contribution < 1.29 is 9.00 Å². The van der Waals surface area contributed by atoms with Crippen LogP contribution in [0.2, 0.25) is 0 Å². The Kier molecular flexibility index (Phi) is 6.18. The second-order valence-electron chi connectivity index (χ2n) is 6.78. The van der Waals surface area contributed by atoms with Gasteiger partial charge >= 0.3 is 0 Å². The first-order chi connectivity index (χ1) is 10.5. The minimum atomic E-state index is -0.965. The zero-order chi connectivity index (χ0) is 16.0. The molecule has 1 aromatic rings. The number of carbonyl (C=O) groups excluding carboxylic acids is 1. The van der Waals surface area contributed by atoms with E-state index in [1.807, 2.05) is 24.3 Å². The van der Waals surface area contributed by atoms with Crippen molar-refractivity contribution in [3.8, 4) is 0 Å². The van der Waals surface area contributed by atoms with E-state index in [9.17, 15) is 9.00 Å². The summed E-state index contributed by atoms with van der Waals surface area (Å²) in [6.07, 6.45) is 9.70. The molecule has 1 amide bonds. The minimum Gasteiger partial charge on any atom is -0.355 e. The monoisotopic (exact) mass is 321 g/mol. The second-order valence-corrected chi connectivity index (χ2v) is 8.16. The number of rotatable bonds is 5. The quantitative estimate of drug-likeness (QED) is 0.844. The number of benzene rings is 1. The molecule has 0 bridgehead atoms. The van der Waals surface area contributed by atoms with Crippen LogP contribution in [0.4, 0.5) is 0 Å². The number of hydrogen-bond acceptors (Lipinski definition) is 2. The topological polar surface area (TPSA) is 46.2 Å². The SMILES string of the molecule is C[S@](=O)c1ccc(CC(=O)NCC2(C)CCCCCC2)cc1. The van der Waals surface area contributed by atoms with Gasteiger partial charge in [0.05, 0.1) is 6.42 Å². The average molecular weight is 321 g/mol. The highest BCUT2D eigenvalue weighted by Gasteiger charge is 2.25. The van der Waals surface area contributed by atoms with Gasteiger partial charge in [-0.15, -0.1) is 0 Å². The molecule has 1 aromatic carbocycles. The van der Waals surface area contributed by atoms with Crippen molar-refractivity contribution in [2.75, 3.05) is 12.8 Å². The third kappa shape index (κ3) is 5.24. The molecule has 1 atom stereocenters. The van der Waals surface area contributed by atoms with E-state index in [-0.39, 0.29) is 11.3 Å². The first-order valence-electron chi connectivity index (χ1n) is 8.18. The van der Waals surface area contributed by atoms with E-state index in [2.05, 4.69) is 12.2 Å². The van der Waals surface area contributed by atoms with Gasteiger partial charge in [0, 0.05) is 28.5 Å². The lowest BCUT2D eigenvalue weighted by molar-refractivity contribution is -0.121. The highest BCUT2D eigenvalue weighted by Crippen LogP contribution is 2.33. The Hall–Kier alpha value is -1.16. The van der Waals surface area contributed by atoms with Crippen LogP contribution in [0, 0.1) is 5.41 Å². The van der Waals surface area contributed by atoms with Gasteiger partial charge in [-0.1, -0.05) is 44.7 Å². The first kappa shape index (κ1) is 17.2. The third-order valence-corrected chi connectivity index (χ3v) is 5.58. The molecule has 3 nitrogen and oxygen atoms in total. The van der Waals surface area contributed by atoms with Gasteiger partial charge in [-0.3, -0.25) is 9.00 Å². The van der Waals surface area contributed by atoms with Crippen molar-refractivity contribution in [1.82, 2.24) is 5.32 Å². The van der Waals surface area contributed by atoms with E-state index in [4.69, 9.17) is 0 Å². The van der Waals surface area contributed by atoms with E-state index < -0.39 is 10.8 Å². The Morgan fingerprint density at radius 3 is 2.27 bits per heavy atom. The van der Waals surface area contributed by atoms with Crippen LogP contribution < -0.4 is 5.32 Å². The molecule has 0 saturated heterocycles. The smallest absolute Gasteiger partial charge is 0.224 e. The molecular formula is C18H27NO2S. The maximum Gasteiger partial charge on any atom is 0.224 e. The van der Waals surface area contributed by atoms with Crippen LogP contribution in [0.15, 0.2) is 29.2 Å². The van der Waals surface area contributed by atoms with Gasteiger partial charge in [-0.05, 0) is 36.0 Å². The highest BCUT2D eigenvalue weighted by molar-refractivity contribution is 7.84. The zero-order valence-electron chi connectivity index (χ0n) is 13.7. The van der Waals surface area contributed by atoms with Crippen LogP contribution in [-0.2, 0) is 22.0 Å². The second kappa shape index (κ2) is 7.91. The number of nitrogens with one attached hydrogen (secondary N) is 1. The molecule has 0 aromatic heterocycles. The van der Waals surface area contributed by atoms with E-state index in [1.165, 1.54) is 38.5 Å². The number of carbonyl (C=O) groups is 1. The predicted molar refractivity (Wildman–Crippen MR) is 91.3 cm³/mol. The molecule has 1 saturated carbocycles. The van der Waals surface area contributed by atoms with Crippen LogP contribution in [0.1, 0.15) is 51.0 Å². The van der Waals surface area contributed by atoms with Crippen molar-refractivity contribution in [2.45, 2.75) is 56.8 Å². The molecule has 1 aliphatic rings. The Bertz CT molecular complexity index is 516. The Morgan fingerprint density at radius 2 is 1.73 bits per heavy atom. The van der Waals surface area contributed by atoms with Gasteiger partial charge in [0.2, 0.25) is 5.91 Å². The van der Waals surface area contributed by atoms with Crippen LogP contribution in [0.5, 0.6) is 0 Å². The third-order valence-electron chi connectivity index (χ3n) is 4.64. The summed E-state index contributed by atoms with van der Waals surface area (Å²) in [7, 11) is -0.965. The highest BCUT2D eigenvalue weighted by atomic mass is 32.2. The Morgan fingerprint density at radius 1 is 1.14 bits per heavy atom. The van der Waals surface area contributed by atoms with E-state index in [0.717, 1.165) is 17.0 Å². The van der Waals surface area contributed by atoms with Crippen molar-refractivity contribution in [1.29, 1.82) is 0 Å². The standard InChI is InChI=1S/C18H27NO2S/c1-18(11-5-3-4-6-12-18)14-19-17(20)13-15-7-9-16(10-8-15)22(2)21/h7-10H,3-6,11-14H2,1-2H3,(H,19,20)/t22-/m0/s1. The minimum absolute atomic E-state index is 0.0795. The van der Waals surface area contributed by atoms with Crippen LogP contribution in [-0.4, -0.2) is 22.9 Å². The molecule has 0 aliphatic heterocycles. The summed E-state index contributed by atoms with van der Waals surface area (Å²) in [5.41, 5.74) is 1.23. The van der Waals surface area contributed by atoms with Gasteiger partial charge in [0.1, 0.15) is 0 Å². The average Bonchev–Trinajstić information content (AvgIpc) is 2.71. The zero-order valence-corrected chi connectivity index (χ0v) is 14.5. The predicted octanol–water partition coefficient (Wildman–Crippen LogP) is 3.44. The Balaban J connectivity index is 1.83.